The highest BCUT2D eigenvalue weighted by Crippen LogP contribution is 2.08. The summed E-state index contributed by atoms with van der Waals surface area (Å²) in [6, 6.07) is 2.52. The molecular formula is C8H11N3O3. The minimum absolute atomic E-state index is 0.0694. The van der Waals surface area contributed by atoms with Crippen molar-refractivity contribution < 1.29 is 10.1 Å². The van der Waals surface area contributed by atoms with Crippen LogP contribution < -0.4 is 5.49 Å². The summed E-state index contributed by atoms with van der Waals surface area (Å²) in [6.45, 7) is 3.82. The van der Waals surface area contributed by atoms with E-state index in [1.807, 2.05) is 0 Å². The van der Waals surface area contributed by atoms with Gasteiger partial charge in [0.05, 0.1) is 16.7 Å². The van der Waals surface area contributed by atoms with E-state index in [-0.39, 0.29) is 11.2 Å². The fraction of sp³-hybridized carbons (Fsp3) is 0.375. The number of hydrogen-bond donors (Lipinski definition) is 1. The van der Waals surface area contributed by atoms with Crippen LogP contribution in [0.25, 0.3) is 0 Å². The number of nitrogens with zero attached hydrogens (tertiary/aromatic N) is 3. The number of pyridine rings is 1. The molecular weight excluding hydrogens is 186 g/mol. The SMILES string of the molecule is CCN=c1cc([N+](=O)[O-])cc(C)n1O. The third-order valence-corrected chi connectivity index (χ3v) is 1.72. The Morgan fingerprint density at radius 3 is 2.79 bits per heavy atom. The fourth-order valence-corrected chi connectivity index (χ4v) is 1.07. The van der Waals surface area contributed by atoms with Gasteiger partial charge in [0.2, 0.25) is 0 Å². The number of aryl methyl sites for hydroxylation is 1. The first-order valence-corrected chi connectivity index (χ1v) is 4.14. The second-order valence-electron chi connectivity index (χ2n) is 2.76. The van der Waals surface area contributed by atoms with Gasteiger partial charge in [-0.2, -0.15) is 4.73 Å². The van der Waals surface area contributed by atoms with Crippen LogP contribution in [0.4, 0.5) is 5.69 Å². The molecule has 0 fully saturated rings. The molecule has 0 amide bonds. The molecule has 0 aromatic carbocycles. The van der Waals surface area contributed by atoms with Gasteiger partial charge in [-0.05, 0) is 13.8 Å². The smallest absolute Gasteiger partial charge is 0.275 e. The fourth-order valence-electron chi connectivity index (χ4n) is 1.07. The third kappa shape index (κ3) is 1.90. The number of aromatic nitrogens is 1. The third-order valence-electron chi connectivity index (χ3n) is 1.72. The van der Waals surface area contributed by atoms with Crippen LogP contribution in [0.15, 0.2) is 17.1 Å². The molecule has 0 atom stereocenters. The van der Waals surface area contributed by atoms with Crippen molar-refractivity contribution >= 4 is 5.69 Å². The van der Waals surface area contributed by atoms with E-state index in [4.69, 9.17) is 0 Å². The Hall–Kier alpha value is -1.85. The van der Waals surface area contributed by atoms with Crippen LogP contribution in [0.1, 0.15) is 12.6 Å². The maximum absolute atomic E-state index is 10.5. The van der Waals surface area contributed by atoms with Gasteiger partial charge < -0.3 is 5.21 Å². The van der Waals surface area contributed by atoms with Gasteiger partial charge in [0, 0.05) is 12.6 Å². The van der Waals surface area contributed by atoms with E-state index in [0.717, 1.165) is 4.73 Å². The van der Waals surface area contributed by atoms with Gasteiger partial charge in [-0.15, -0.1) is 0 Å². The van der Waals surface area contributed by atoms with Gasteiger partial charge in [-0.1, -0.05) is 0 Å². The van der Waals surface area contributed by atoms with Crippen molar-refractivity contribution in [3.63, 3.8) is 0 Å². The normalized spacial score (nSPS) is 11.7. The first-order chi connectivity index (χ1) is 6.56. The number of nitro groups is 1. The molecule has 14 heavy (non-hydrogen) atoms. The summed E-state index contributed by atoms with van der Waals surface area (Å²) in [5.74, 6) is 0. The van der Waals surface area contributed by atoms with E-state index in [1.54, 1.807) is 13.8 Å². The monoisotopic (exact) mass is 197 g/mol. The largest absolute Gasteiger partial charge is 0.427 e. The van der Waals surface area contributed by atoms with E-state index in [9.17, 15) is 15.3 Å². The molecule has 0 unspecified atom stereocenters. The molecule has 1 aromatic rings. The Balaban J connectivity index is 3.43. The lowest BCUT2D eigenvalue weighted by Gasteiger charge is -2.02. The maximum atomic E-state index is 10.5. The minimum atomic E-state index is -0.512. The van der Waals surface area contributed by atoms with Crippen LogP contribution in [0, 0.1) is 17.0 Å². The van der Waals surface area contributed by atoms with E-state index in [1.165, 1.54) is 12.1 Å². The molecule has 0 aliphatic carbocycles. The molecule has 0 saturated carbocycles. The van der Waals surface area contributed by atoms with Crippen molar-refractivity contribution in [2.45, 2.75) is 13.8 Å². The molecule has 76 valence electrons. The maximum Gasteiger partial charge on any atom is 0.275 e. The molecule has 1 aromatic heterocycles. The van der Waals surface area contributed by atoms with Gasteiger partial charge in [0.25, 0.3) is 5.69 Å². The summed E-state index contributed by atoms with van der Waals surface area (Å²) < 4.78 is 0.830. The van der Waals surface area contributed by atoms with Crippen molar-refractivity contribution in [1.82, 2.24) is 4.73 Å². The second kappa shape index (κ2) is 3.91. The lowest BCUT2D eigenvalue weighted by atomic mass is 10.3. The summed E-state index contributed by atoms with van der Waals surface area (Å²) in [5, 5.41) is 19.9. The van der Waals surface area contributed by atoms with Crippen molar-refractivity contribution in [1.29, 1.82) is 0 Å². The van der Waals surface area contributed by atoms with Crippen LogP contribution in [0.5, 0.6) is 0 Å². The summed E-state index contributed by atoms with van der Waals surface area (Å²) in [6.07, 6.45) is 0. The molecule has 1 heterocycles. The minimum Gasteiger partial charge on any atom is -0.427 e. The molecule has 1 N–H and O–H groups in total. The zero-order valence-corrected chi connectivity index (χ0v) is 7.97. The Labute approximate surface area is 80.3 Å². The molecule has 0 saturated heterocycles. The molecule has 6 nitrogen and oxygen atoms in total. The zero-order valence-electron chi connectivity index (χ0n) is 7.97. The molecule has 6 heteroatoms. The Bertz CT molecular complexity index is 422. The number of rotatable bonds is 2. The van der Waals surface area contributed by atoms with Crippen LogP contribution in [-0.4, -0.2) is 21.4 Å². The number of hydrogen-bond acceptors (Lipinski definition) is 4. The average molecular weight is 197 g/mol. The molecule has 0 spiro atoms. The zero-order chi connectivity index (χ0) is 10.7. The van der Waals surface area contributed by atoms with Gasteiger partial charge in [0.1, 0.15) is 0 Å². The highest BCUT2D eigenvalue weighted by Gasteiger charge is 2.08. The van der Waals surface area contributed by atoms with Gasteiger partial charge in [-0.3, -0.25) is 15.1 Å². The predicted octanol–water partition coefficient (Wildman–Crippen LogP) is 0.863. The topological polar surface area (TPSA) is 80.7 Å². The highest BCUT2D eigenvalue weighted by atomic mass is 16.6. The van der Waals surface area contributed by atoms with Crippen molar-refractivity contribution in [2.75, 3.05) is 6.54 Å². The van der Waals surface area contributed by atoms with Crippen LogP contribution in [0.2, 0.25) is 0 Å². The average Bonchev–Trinajstić information content (AvgIpc) is 2.12. The standard InChI is InChI=1S/C8H11N3O3/c1-3-9-8-5-7(11(13)14)4-6(2)10(8)12/h4-5,12H,3H2,1-2H3. The Morgan fingerprint density at radius 2 is 2.29 bits per heavy atom. The molecule has 0 aliphatic rings. The summed E-state index contributed by atoms with van der Waals surface area (Å²) in [5.41, 5.74) is 0.505. The molecule has 0 aliphatic heterocycles. The summed E-state index contributed by atoms with van der Waals surface area (Å²) in [4.78, 5) is 13.9. The Morgan fingerprint density at radius 1 is 1.64 bits per heavy atom. The summed E-state index contributed by atoms with van der Waals surface area (Å²) >= 11 is 0. The highest BCUT2D eigenvalue weighted by molar-refractivity contribution is 5.29. The second-order valence-corrected chi connectivity index (χ2v) is 2.76. The van der Waals surface area contributed by atoms with Gasteiger partial charge in [0.15, 0.2) is 5.49 Å². The lowest BCUT2D eigenvalue weighted by Crippen LogP contribution is -2.21. The van der Waals surface area contributed by atoms with Gasteiger partial charge in [-0.25, -0.2) is 0 Å². The molecule has 1 rings (SSSR count). The van der Waals surface area contributed by atoms with E-state index in [0.29, 0.717) is 12.2 Å². The van der Waals surface area contributed by atoms with Gasteiger partial charge >= 0.3 is 0 Å². The van der Waals surface area contributed by atoms with Crippen molar-refractivity contribution in [2.24, 2.45) is 4.99 Å². The van der Waals surface area contributed by atoms with Crippen LogP contribution in [-0.2, 0) is 0 Å². The van der Waals surface area contributed by atoms with E-state index in [2.05, 4.69) is 4.99 Å². The molecule has 0 bridgehead atoms. The first-order valence-electron chi connectivity index (χ1n) is 4.14. The van der Waals surface area contributed by atoms with Crippen LogP contribution >= 0.6 is 0 Å². The quantitative estimate of drug-likeness (QED) is 0.433. The predicted molar refractivity (Wildman–Crippen MR) is 49.1 cm³/mol. The molecule has 0 radical (unpaired) electrons. The first kappa shape index (κ1) is 10.2. The summed E-state index contributed by atoms with van der Waals surface area (Å²) in [7, 11) is 0. The van der Waals surface area contributed by atoms with Crippen molar-refractivity contribution in [3.05, 3.63) is 33.4 Å². The van der Waals surface area contributed by atoms with Crippen LogP contribution in [0.3, 0.4) is 0 Å². The van der Waals surface area contributed by atoms with E-state index < -0.39 is 4.92 Å². The van der Waals surface area contributed by atoms with E-state index >= 15 is 0 Å². The van der Waals surface area contributed by atoms with Crippen molar-refractivity contribution in [3.8, 4) is 0 Å². The Kier molecular flexibility index (Phi) is 2.85. The lowest BCUT2D eigenvalue weighted by molar-refractivity contribution is -0.385.